The molecule has 0 bridgehead atoms. The van der Waals surface area contributed by atoms with Gasteiger partial charge in [0, 0.05) is 5.56 Å². The van der Waals surface area contributed by atoms with Crippen LogP contribution in [0.1, 0.15) is 15.9 Å². The second kappa shape index (κ2) is 5.44. The fourth-order valence-electron chi connectivity index (χ4n) is 2.26. The Hall–Kier alpha value is -2.95. The molecule has 0 aliphatic carbocycles. The minimum atomic E-state index is -0.254. The van der Waals surface area contributed by atoms with E-state index in [0.717, 1.165) is 0 Å². The highest BCUT2D eigenvalue weighted by atomic mass is 16.5. The molecule has 0 unspecified atom stereocenters. The number of hydrogen-bond donors (Lipinski definition) is 1. The van der Waals surface area contributed by atoms with Gasteiger partial charge in [0.2, 0.25) is 5.78 Å². The molecule has 0 radical (unpaired) electrons. The Morgan fingerprint density at radius 3 is 2.68 bits per heavy atom. The maximum Gasteiger partial charge on any atom is 0.232 e. The van der Waals surface area contributed by atoms with Gasteiger partial charge in [-0.1, -0.05) is 12.1 Å². The molecule has 0 fully saturated rings. The van der Waals surface area contributed by atoms with Crippen LogP contribution in [0.3, 0.4) is 0 Å². The summed E-state index contributed by atoms with van der Waals surface area (Å²) in [4.78, 5) is 12.4. The molecule has 0 spiro atoms. The summed E-state index contributed by atoms with van der Waals surface area (Å²) in [6.45, 7) is 0. The lowest BCUT2D eigenvalue weighted by Gasteiger charge is -2.06. The zero-order valence-electron chi connectivity index (χ0n) is 12.1. The van der Waals surface area contributed by atoms with Crippen LogP contribution in [0.4, 0.5) is 0 Å². The number of phenols is 1. The summed E-state index contributed by atoms with van der Waals surface area (Å²) in [5, 5.41) is 10.1. The van der Waals surface area contributed by atoms with Gasteiger partial charge in [-0.25, -0.2) is 0 Å². The Balaban J connectivity index is 2.00. The minimum Gasteiger partial charge on any atom is -0.504 e. The summed E-state index contributed by atoms with van der Waals surface area (Å²) in [7, 11) is 3.00. The Labute approximate surface area is 127 Å². The lowest BCUT2D eigenvalue weighted by atomic mass is 10.1. The number of carbonyl (C=O) groups excluding carboxylic acids is 1. The smallest absolute Gasteiger partial charge is 0.232 e. The molecule has 1 heterocycles. The van der Waals surface area contributed by atoms with Crippen molar-refractivity contribution in [3.8, 4) is 23.0 Å². The minimum absolute atomic E-state index is 0.0394. The number of rotatable bonds is 3. The van der Waals surface area contributed by atoms with E-state index in [2.05, 4.69) is 0 Å². The highest BCUT2D eigenvalue weighted by Crippen LogP contribution is 2.36. The van der Waals surface area contributed by atoms with Gasteiger partial charge in [-0.15, -0.1) is 0 Å². The highest BCUT2D eigenvalue weighted by Gasteiger charge is 2.28. The van der Waals surface area contributed by atoms with Crippen LogP contribution in [0.25, 0.3) is 6.08 Å². The molecule has 2 aromatic carbocycles. The third-order valence-corrected chi connectivity index (χ3v) is 3.41. The number of ketones is 1. The van der Waals surface area contributed by atoms with Crippen molar-refractivity contribution in [2.75, 3.05) is 14.2 Å². The number of fused-ring (bicyclic) bond motifs is 1. The van der Waals surface area contributed by atoms with Gasteiger partial charge in [0.05, 0.1) is 19.8 Å². The topological polar surface area (TPSA) is 65.0 Å². The molecule has 22 heavy (non-hydrogen) atoms. The highest BCUT2D eigenvalue weighted by molar-refractivity contribution is 6.14. The third kappa shape index (κ3) is 2.26. The standard InChI is InChI=1S/C17H14O5/c1-20-11-6-7-13-12(9-11)17(19)15(22-13)8-10-4-3-5-14(21-2)16(10)18/h3-9,18H,1-2H3. The quantitative estimate of drug-likeness (QED) is 0.882. The van der Waals surface area contributed by atoms with Crippen molar-refractivity contribution < 1.29 is 24.1 Å². The summed E-state index contributed by atoms with van der Waals surface area (Å²) in [5.74, 6) is 1.24. The van der Waals surface area contributed by atoms with Gasteiger partial charge in [-0.05, 0) is 30.3 Å². The number of phenolic OH excluding ortho intramolecular Hbond substituents is 1. The Morgan fingerprint density at radius 2 is 1.95 bits per heavy atom. The lowest BCUT2D eigenvalue weighted by Crippen LogP contribution is -1.98. The summed E-state index contributed by atoms with van der Waals surface area (Å²) in [5.41, 5.74) is 0.885. The van der Waals surface area contributed by atoms with Gasteiger partial charge in [-0.2, -0.15) is 0 Å². The van der Waals surface area contributed by atoms with Gasteiger partial charge in [0.15, 0.2) is 17.3 Å². The molecule has 1 N–H and O–H groups in total. The Kier molecular flexibility index (Phi) is 3.47. The maximum absolute atomic E-state index is 12.4. The monoisotopic (exact) mass is 298 g/mol. The number of methoxy groups -OCH3 is 2. The van der Waals surface area contributed by atoms with Crippen LogP contribution in [-0.4, -0.2) is 25.1 Å². The Bertz CT molecular complexity index is 777. The molecule has 3 rings (SSSR count). The molecule has 0 atom stereocenters. The first-order chi connectivity index (χ1) is 10.6. The number of ether oxygens (including phenoxy) is 3. The second-order valence-corrected chi connectivity index (χ2v) is 4.70. The van der Waals surface area contributed by atoms with Crippen molar-refractivity contribution in [1.29, 1.82) is 0 Å². The number of carbonyl (C=O) groups is 1. The van der Waals surface area contributed by atoms with E-state index in [1.54, 1.807) is 36.4 Å². The molecular weight excluding hydrogens is 284 g/mol. The summed E-state index contributed by atoms with van der Waals surface area (Å²) >= 11 is 0. The molecule has 1 aliphatic heterocycles. The van der Waals surface area contributed by atoms with E-state index in [1.807, 2.05) is 0 Å². The third-order valence-electron chi connectivity index (χ3n) is 3.41. The number of aromatic hydroxyl groups is 1. The molecule has 2 aromatic rings. The first-order valence-corrected chi connectivity index (χ1v) is 6.62. The number of benzene rings is 2. The van der Waals surface area contributed by atoms with E-state index in [9.17, 15) is 9.90 Å². The van der Waals surface area contributed by atoms with Crippen molar-refractivity contribution in [2.45, 2.75) is 0 Å². The zero-order valence-corrected chi connectivity index (χ0v) is 12.1. The van der Waals surface area contributed by atoms with E-state index in [0.29, 0.717) is 28.4 Å². The molecule has 5 nitrogen and oxygen atoms in total. The van der Waals surface area contributed by atoms with Gasteiger partial charge in [-0.3, -0.25) is 4.79 Å². The number of allylic oxidation sites excluding steroid dienone is 1. The molecular formula is C17H14O5. The van der Waals surface area contributed by atoms with E-state index in [-0.39, 0.29) is 17.3 Å². The summed E-state index contributed by atoms with van der Waals surface area (Å²) in [6.07, 6.45) is 1.49. The van der Waals surface area contributed by atoms with Crippen LogP contribution in [0, 0.1) is 0 Å². The fourth-order valence-corrected chi connectivity index (χ4v) is 2.26. The van der Waals surface area contributed by atoms with E-state index in [4.69, 9.17) is 14.2 Å². The van der Waals surface area contributed by atoms with Crippen molar-refractivity contribution in [3.05, 3.63) is 53.3 Å². The van der Waals surface area contributed by atoms with E-state index < -0.39 is 0 Å². The van der Waals surface area contributed by atoms with Crippen molar-refractivity contribution in [2.24, 2.45) is 0 Å². The van der Waals surface area contributed by atoms with Gasteiger partial charge in [0.1, 0.15) is 11.5 Å². The van der Waals surface area contributed by atoms with Crippen LogP contribution in [0.15, 0.2) is 42.2 Å². The van der Waals surface area contributed by atoms with E-state index in [1.165, 1.54) is 20.3 Å². The van der Waals surface area contributed by atoms with Crippen LogP contribution in [0.2, 0.25) is 0 Å². The number of hydrogen-bond acceptors (Lipinski definition) is 5. The largest absolute Gasteiger partial charge is 0.504 e. The molecule has 1 aliphatic rings. The summed E-state index contributed by atoms with van der Waals surface area (Å²) in [6, 6.07) is 10.1. The molecule has 0 saturated heterocycles. The SMILES string of the molecule is COc1ccc2c(c1)C(=O)C(=Cc1cccc(OC)c1O)O2. The van der Waals surface area contributed by atoms with Crippen LogP contribution < -0.4 is 14.2 Å². The maximum atomic E-state index is 12.4. The fraction of sp³-hybridized carbons (Fsp3) is 0.118. The molecule has 112 valence electrons. The van der Waals surface area contributed by atoms with Gasteiger partial charge in [0.25, 0.3) is 0 Å². The van der Waals surface area contributed by atoms with Crippen LogP contribution >= 0.6 is 0 Å². The zero-order chi connectivity index (χ0) is 15.7. The number of para-hydroxylation sites is 1. The van der Waals surface area contributed by atoms with Gasteiger partial charge >= 0.3 is 0 Å². The van der Waals surface area contributed by atoms with Crippen LogP contribution in [-0.2, 0) is 0 Å². The average Bonchev–Trinajstić information content (AvgIpc) is 2.85. The first-order valence-electron chi connectivity index (χ1n) is 6.62. The number of Topliss-reactive ketones (excluding diaryl/α,β-unsaturated/α-hetero) is 1. The lowest BCUT2D eigenvalue weighted by molar-refractivity contribution is 0.101. The van der Waals surface area contributed by atoms with Gasteiger partial charge < -0.3 is 19.3 Å². The Morgan fingerprint density at radius 1 is 1.14 bits per heavy atom. The molecule has 0 aromatic heterocycles. The predicted octanol–water partition coefficient (Wildman–Crippen LogP) is 3.03. The normalized spacial score (nSPS) is 14.6. The first kappa shape index (κ1) is 14.0. The molecule has 5 heteroatoms. The van der Waals surface area contributed by atoms with Crippen LogP contribution in [0.5, 0.6) is 23.0 Å². The molecule has 0 saturated carbocycles. The predicted molar refractivity (Wildman–Crippen MR) is 80.6 cm³/mol. The molecule has 0 amide bonds. The van der Waals surface area contributed by atoms with Crippen molar-refractivity contribution in [1.82, 2.24) is 0 Å². The summed E-state index contributed by atoms with van der Waals surface area (Å²) < 4.78 is 15.7. The average molecular weight is 298 g/mol. The second-order valence-electron chi connectivity index (χ2n) is 4.70. The van der Waals surface area contributed by atoms with Crippen molar-refractivity contribution >= 4 is 11.9 Å². The van der Waals surface area contributed by atoms with Crippen molar-refractivity contribution in [3.63, 3.8) is 0 Å². The van der Waals surface area contributed by atoms with E-state index >= 15 is 0 Å².